The summed E-state index contributed by atoms with van der Waals surface area (Å²) in [5.74, 6) is -0.0557. The maximum absolute atomic E-state index is 11.7. The van der Waals surface area contributed by atoms with Gasteiger partial charge in [0.25, 0.3) is 0 Å². The van der Waals surface area contributed by atoms with Gasteiger partial charge in [-0.25, -0.2) is 8.42 Å². The second-order valence-electron chi connectivity index (χ2n) is 5.69. The fraction of sp³-hybridized carbons (Fsp3) is 0.176. The van der Waals surface area contributed by atoms with Gasteiger partial charge in [0.2, 0.25) is 0 Å². The summed E-state index contributed by atoms with van der Waals surface area (Å²) in [4.78, 5) is 11.2. The third-order valence-corrected chi connectivity index (χ3v) is 4.70. The molecule has 2 aromatic heterocycles. The van der Waals surface area contributed by atoms with Crippen LogP contribution in [0.5, 0.6) is 0 Å². The molecule has 0 saturated carbocycles. The van der Waals surface area contributed by atoms with E-state index in [4.69, 9.17) is 9.52 Å². The summed E-state index contributed by atoms with van der Waals surface area (Å²) in [7, 11) is -3.32. The van der Waals surface area contributed by atoms with Crippen molar-refractivity contribution in [1.82, 2.24) is 9.78 Å². The van der Waals surface area contributed by atoms with Crippen molar-refractivity contribution in [1.29, 1.82) is 0 Å². The molecule has 0 saturated heterocycles. The molecular weight excluding hydrogens is 344 g/mol. The minimum atomic E-state index is -3.32. The Morgan fingerprint density at radius 1 is 1.20 bits per heavy atom. The molecule has 3 rings (SSSR count). The Balaban J connectivity index is 2.01. The number of sulfone groups is 1. The van der Waals surface area contributed by atoms with E-state index in [0.717, 1.165) is 6.26 Å². The smallest absolute Gasteiger partial charge is 0.325 e. The number of aliphatic carboxylic acids is 1. The monoisotopic (exact) mass is 360 g/mol. The lowest BCUT2D eigenvalue weighted by Crippen LogP contribution is -2.11. The maximum atomic E-state index is 11.7. The molecule has 7 nitrogen and oxygen atoms in total. The number of carboxylic acids is 1. The molecule has 0 bridgehead atoms. The van der Waals surface area contributed by atoms with Gasteiger partial charge in [0.1, 0.15) is 18.0 Å². The molecule has 130 valence electrons. The van der Waals surface area contributed by atoms with Crippen LogP contribution in [-0.4, -0.2) is 35.5 Å². The van der Waals surface area contributed by atoms with E-state index in [1.807, 2.05) is 0 Å². The number of carboxylic acid groups (broad SMARTS) is 1. The zero-order valence-corrected chi connectivity index (χ0v) is 14.4. The first-order valence-electron chi connectivity index (χ1n) is 7.41. The lowest BCUT2D eigenvalue weighted by atomic mass is 10.2. The van der Waals surface area contributed by atoms with Gasteiger partial charge in [-0.05, 0) is 37.3 Å². The highest BCUT2D eigenvalue weighted by molar-refractivity contribution is 7.90. The van der Waals surface area contributed by atoms with Crippen molar-refractivity contribution in [2.75, 3.05) is 6.26 Å². The van der Waals surface area contributed by atoms with Crippen LogP contribution >= 0.6 is 0 Å². The summed E-state index contributed by atoms with van der Waals surface area (Å²) in [6.45, 7) is 1.49. The summed E-state index contributed by atoms with van der Waals surface area (Å²) in [6, 6.07) is 11.6. The minimum Gasteiger partial charge on any atom is -0.480 e. The number of furan rings is 1. The molecule has 0 aliphatic heterocycles. The molecule has 1 aromatic carbocycles. The van der Waals surface area contributed by atoms with Crippen molar-refractivity contribution < 1.29 is 22.7 Å². The average Bonchev–Trinajstić information content (AvgIpc) is 3.13. The molecular formula is C17H16N2O5S. The van der Waals surface area contributed by atoms with Crippen LogP contribution in [0.2, 0.25) is 0 Å². The third-order valence-electron chi connectivity index (χ3n) is 3.59. The topological polar surface area (TPSA) is 102 Å². The molecule has 0 aliphatic rings. The second-order valence-corrected chi connectivity index (χ2v) is 7.70. The van der Waals surface area contributed by atoms with E-state index in [1.165, 1.54) is 16.8 Å². The Bertz CT molecular complexity index is 1050. The van der Waals surface area contributed by atoms with Gasteiger partial charge in [0.15, 0.2) is 15.6 Å². The molecule has 2 heterocycles. The van der Waals surface area contributed by atoms with Crippen molar-refractivity contribution in [2.24, 2.45) is 0 Å². The number of aryl methyl sites for hydroxylation is 1. The largest absolute Gasteiger partial charge is 0.480 e. The highest BCUT2D eigenvalue weighted by atomic mass is 32.2. The first kappa shape index (κ1) is 17.0. The number of aromatic nitrogens is 2. The van der Waals surface area contributed by atoms with E-state index in [-0.39, 0.29) is 11.4 Å². The van der Waals surface area contributed by atoms with Crippen LogP contribution in [0.3, 0.4) is 0 Å². The van der Waals surface area contributed by atoms with E-state index in [0.29, 0.717) is 28.5 Å². The van der Waals surface area contributed by atoms with E-state index < -0.39 is 15.8 Å². The van der Waals surface area contributed by atoms with Gasteiger partial charge < -0.3 is 9.52 Å². The van der Waals surface area contributed by atoms with Crippen LogP contribution in [-0.2, 0) is 21.2 Å². The molecule has 8 heteroatoms. The lowest BCUT2D eigenvalue weighted by Gasteiger charge is -2.03. The van der Waals surface area contributed by atoms with Crippen LogP contribution in [0.4, 0.5) is 0 Å². The van der Waals surface area contributed by atoms with Gasteiger partial charge in [-0.3, -0.25) is 9.48 Å². The average molecular weight is 360 g/mol. The van der Waals surface area contributed by atoms with Crippen LogP contribution in [0.25, 0.3) is 22.8 Å². The Kier molecular flexibility index (Phi) is 4.22. The van der Waals surface area contributed by atoms with Crippen LogP contribution in [0.15, 0.2) is 51.8 Å². The second kappa shape index (κ2) is 6.21. The van der Waals surface area contributed by atoms with Crippen molar-refractivity contribution in [2.45, 2.75) is 18.4 Å². The molecule has 3 aromatic rings. The molecule has 0 unspecified atom stereocenters. The number of hydrogen-bond acceptors (Lipinski definition) is 5. The van der Waals surface area contributed by atoms with Crippen molar-refractivity contribution >= 4 is 15.8 Å². The minimum absolute atomic E-state index is 0.203. The Labute approximate surface area is 144 Å². The van der Waals surface area contributed by atoms with E-state index >= 15 is 0 Å². The number of hydrogen-bond donors (Lipinski definition) is 1. The number of rotatable bonds is 5. The van der Waals surface area contributed by atoms with Gasteiger partial charge in [0, 0.05) is 11.8 Å². The maximum Gasteiger partial charge on any atom is 0.325 e. The van der Waals surface area contributed by atoms with Gasteiger partial charge in [-0.15, -0.1) is 0 Å². The highest BCUT2D eigenvalue weighted by Crippen LogP contribution is 2.30. The first-order valence-corrected chi connectivity index (χ1v) is 9.30. The predicted octanol–water partition coefficient (Wildman–Crippen LogP) is 2.61. The van der Waals surface area contributed by atoms with E-state index in [9.17, 15) is 13.2 Å². The van der Waals surface area contributed by atoms with Crippen LogP contribution in [0.1, 0.15) is 5.69 Å². The van der Waals surface area contributed by atoms with Crippen molar-refractivity contribution in [3.05, 3.63) is 48.2 Å². The normalized spacial score (nSPS) is 11.6. The summed E-state index contributed by atoms with van der Waals surface area (Å²) in [6.07, 6.45) is 1.15. The molecule has 0 radical (unpaired) electrons. The summed E-state index contributed by atoms with van der Waals surface area (Å²) in [5.41, 5.74) is 1.84. The Morgan fingerprint density at radius 3 is 2.60 bits per heavy atom. The van der Waals surface area contributed by atoms with Gasteiger partial charge in [-0.2, -0.15) is 5.10 Å². The van der Waals surface area contributed by atoms with Crippen molar-refractivity contribution in [3.8, 4) is 22.8 Å². The predicted molar refractivity (Wildman–Crippen MR) is 90.8 cm³/mol. The van der Waals surface area contributed by atoms with Crippen molar-refractivity contribution in [3.63, 3.8) is 0 Å². The molecule has 0 fully saturated rings. The van der Waals surface area contributed by atoms with Gasteiger partial charge in [-0.1, -0.05) is 12.1 Å². The molecule has 0 aliphatic carbocycles. The number of benzene rings is 1. The fourth-order valence-electron chi connectivity index (χ4n) is 2.50. The molecule has 1 N–H and O–H groups in total. The lowest BCUT2D eigenvalue weighted by molar-refractivity contribution is -0.137. The quantitative estimate of drug-likeness (QED) is 0.750. The summed E-state index contributed by atoms with van der Waals surface area (Å²) >= 11 is 0. The van der Waals surface area contributed by atoms with E-state index in [2.05, 4.69) is 5.10 Å². The molecule has 0 amide bonds. The number of nitrogens with zero attached hydrogens (tertiary/aromatic N) is 2. The third kappa shape index (κ3) is 3.63. The Hall–Kier alpha value is -2.87. The highest BCUT2D eigenvalue weighted by Gasteiger charge is 2.16. The zero-order valence-electron chi connectivity index (χ0n) is 13.6. The van der Waals surface area contributed by atoms with Crippen LogP contribution in [0, 0.1) is 6.92 Å². The molecule has 0 atom stereocenters. The fourth-order valence-corrected chi connectivity index (χ4v) is 3.17. The van der Waals surface area contributed by atoms with Crippen LogP contribution < -0.4 is 0 Å². The first-order chi connectivity index (χ1) is 11.7. The number of carbonyl (C=O) groups is 1. The SMILES string of the molecule is Cc1cc(-c2ccc(-c3cccc(S(C)(=O)=O)c3)o2)n(CC(=O)O)n1. The zero-order chi connectivity index (χ0) is 18.2. The Morgan fingerprint density at radius 2 is 1.92 bits per heavy atom. The summed E-state index contributed by atoms with van der Waals surface area (Å²) in [5, 5.41) is 13.1. The molecule has 25 heavy (non-hydrogen) atoms. The van der Waals surface area contributed by atoms with Gasteiger partial charge in [0.05, 0.1) is 10.6 Å². The van der Waals surface area contributed by atoms with Gasteiger partial charge >= 0.3 is 5.97 Å². The van der Waals surface area contributed by atoms with E-state index in [1.54, 1.807) is 37.3 Å². The standard InChI is InChI=1S/C17H16N2O5S/c1-11-8-14(19(18-11)10-17(20)21)16-7-6-15(24-16)12-4-3-5-13(9-12)25(2,22)23/h3-9H,10H2,1-2H3,(H,20,21). The molecule has 0 spiro atoms. The summed E-state index contributed by atoms with van der Waals surface area (Å²) < 4.78 is 30.6.